The zero-order valence-electron chi connectivity index (χ0n) is 14.0. The van der Waals surface area contributed by atoms with E-state index in [1.807, 2.05) is 31.2 Å². The van der Waals surface area contributed by atoms with Gasteiger partial charge in [-0.2, -0.15) is 10.3 Å². The van der Waals surface area contributed by atoms with E-state index in [0.29, 0.717) is 24.7 Å². The molecule has 1 atom stereocenters. The zero-order chi connectivity index (χ0) is 18.7. The Hall–Kier alpha value is -1.67. The van der Waals surface area contributed by atoms with Crippen LogP contribution in [-0.4, -0.2) is 29.7 Å². The van der Waals surface area contributed by atoms with Crippen LogP contribution >= 0.6 is 31.9 Å². The molecule has 3 rings (SSSR count). The van der Waals surface area contributed by atoms with E-state index in [9.17, 15) is 0 Å². The van der Waals surface area contributed by atoms with Crippen molar-refractivity contribution in [2.24, 2.45) is 5.84 Å². The number of nitrogens with two attached hydrogens (primary N) is 1. The van der Waals surface area contributed by atoms with Crippen LogP contribution in [0.3, 0.4) is 0 Å². The topological polar surface area (TPSA) is 89.6 Å². The van der Waals surface area contributed by atoms with E-state index in [1.165, 1.54) is 0 Å². The van der Waals surface area contributed by atoms with Crippen molar-refractivity contribution < 1.29 is 4.84 Å². The lowest BCUT2D eigenvalue weighted by Crippen LogP contribution is -2.65. The fraction of sp³-hybridized carbons (Fsp3) is 0.235. The van der Waals surface area contributed by atoms with Crippen LogP contribution < -0.4 is 21.3 Å². The molecule has 0 aromatic heterocycles. The minimum absolute atomic E-state index is 0.257. The van der Waals surface area contributed by atoms with Crippen molar-refractivity contribution in [1.82, 2.24) is 15.4 Å². The van der Waals surface area contributed by atoms with Gasteiger partial charge in [-0.15, -0.1) is 5.06 Å². The summed E-state index contributed by atoms with van der Waals surface area (Å²) >= 11 is 7.05. The number of rotatable bonds is 4. The van der Waals surface area contributed by atoms with Gasteiger partial charge in [0.25, 0.3) is 0 Å². The Morgan fingerprint density at radius 3 is 2.50 bits per heavy atom. The maximum atomic E-state index is 8.86. The summed E-state index contributed by atoms with van der Waals surface area (Å²) in [5, 5.41) is 18.7. The summed E-state index contributed by atoms with van der Waals surface area (Å²) in [6.07, 6.45) is -0.257. The second kappa shape index (κ2) is 8.35. The number of anilines is 1. The van der Waals surface area contributed by atoms with Gasteiger partial charge in [0.2, 0.25) is 0 Å². The van der Waals surface area contributed by atoms with Crippen LogP contribution in [0, 0.1) is 18.3 Å². The van der Waals surface area contributed by atoms with Gasteiger partial charge in [-0.1, -0.05) is 0 Å². The fourth-order valence-electron chi connectivity index (χ4n) is 2.52. The largest absolute Gasteiger partial charge is 0.401 e. The van der Waals surface area contributed by atoms with E-state index < -0.39 is 0 Å². The van der Waals surface area contributed by atoms with Gasteiger partial charge in [-0.3, -0.25) is 11.2 Å². The molecule has 0 radical (unpaired) electrons. The lowest BCUT2D eigenvalue weighted by atomic mass is 10.2. The Morgan fingerprint density at radius 1 is 1.27 bits per heavy atom. The fourth-order valence-corrected chi connectivity index (χ4v) is 4.08. The highest BCUT2D eigenvalue weighted by molar-refractivity contribution is 9.11. The minimum atomic E-state index is -0.257. The van der Waals surface area contributed by atoms with Gasteiger partial charge in [-0.25, -0.2) is 0 Å². The molecule has 136 valence electrons. The number of aryl methyl sites for hydroxylation is 1. The first-order valence-corrected chi connectivity index (χ1v) is 9.45. The summed E-state index contributed by atoms with van der Waals surface area (Å²) in [5.74, 6) is 6.84. The third kappa shape index (κ3) is 4.54. The first-order chi connectivity index (χ1) is 12.5. The summed E-state index contributed by atoms with van der Waals surface area (Å²) in [4.78, 5) is 5.96. The molecule has 1 unspecified atom stereocenters. The van der Waals surface area contributed by atoms with Crippen LogP contribution in [0.15, 0.2) is 45.3 Å². The third-order valence-electron chi connectivity index (χ3n) is 3.79. The molecule has 4 N–H and O–H groups in total. The van der Waals surface area contributed by atoms with Gasteiger partial charge < -0.3 is 10.2 Å². The van der Waals surface area contributed by atoms with E-state index in [4.69, 9.17) is 15.9 Å². The first-order valence-electron chi connectivity index (χ1n) is 7.86. The molecule has 2 aromatic rings. The minimum Gasteiger partial charge on any atom is -0.401 e. The Kier molecular flexibility index (Phi) is 6.13. The van der Waals surface area contributed by atoms with Crippen molar-refractivity contribution in [3.05, 3.63) is 56.5 Å². The number of hydroxylamine groups is 2. The van der Waals surface area contributed by atoms with E-state index in [-0.39, 0.29) is 6.29 Å². The van der Waals surface area contributed by atoms with Crippen LogP contribution in [-0.2, 0) is 0 Å². The van der Waals surface area contributed by atoms with Gasteiger partial charge in [0.15, 0.2) is 5.75 Å². The van der Waals surface area contributed by atoms with Crippen LogP contribution in [0.4, 0.5) is 5.69 Å². The lowest BCUT2D eigenvalue weighted by molar-refractivity contribution is -0.142. The lowest BCUT2D eigenvalue weighted by Gasteiger charge is -2.39. The molecule has 7 nitrogen and oxygen atoms in total. The maximum Gasteiger partial charge on any atom is 0.175 e. The van der Waals surface area contributed by atoms with Crippen LogP contribution in [0.1, 0.15) is 11.1 Å². The van der Waals surface area contributed by atoms with Crippen molar-refractivity contribution in [2.45, 2.75) is 13.2 Å². The van der Waals surface area contributed by atoms with E-state index in [0.717, 1.165) is 20.2 Å². The third-order valence-corrected chi connectivity index (χ3v) is 4.97. The van der Waals surface area contributed by atoms with Gasteiger partial charge in [-0.05, 0) is 80.7 Å². The molecule has 1 fully saturated rings. The van der Waals surface area contributed by atoms with Crippen molar-refractivity contribution in [3.63, 3.8) is 0 Å². The number of halogens is 2. The Labute approximate surface area is 168 Å². The van der Waals surface area contributed by atoms with Gasteiger partial charge in [0.1, 0.15) is 13.0 Å². The number of nitriles is 1. The number of hydrazine groups is 1. The second-order valence-electron chi connectivity index (χ2n) is 5.88. The van der Waals surface area contributed by atoms with Crippen molar-refractivity contribution in [3.8, 4) is 11.8 Å². The highest BCUT2D eigenvalue weighted by Gasteiger charge is 2.26. The quantitative estimate of drug-likeness (QED) is 0.578. The van der Waals surface area contributed by atoms with Crippen LogP contribution in [0.2, 0.25) is 0 Å². The van der Waals surface area contributed by atoms with Crippen molar-refractivity contribution in [2.75, 3.05) is 18.7 Å². The molecule has 0 bridgehead atoms. The zero-order valence-corrected chi connectivity index (χ0v) is 17.2. The molecule has 2 aromatic carbocycles. The summed E-state index contributed by atoms with van der Waals surface area (Å²) < 4.78 is 1.73. The number of hydrogen-bond acceptors (Lipinski definition) is 7. The SMILES string of the molecule is Cc1cc(Br)c(ON2CNC(Nc3ccc(C#N)cc3)N(N)C2)c(Br)c1. The molecular weight excluding hydrogens is 464 g/mol. The molecule has 0 saturated carbocycles. The summed E-state index contributed by atoms with van der Waals surface area (Å²) in [6, 6.07) is 13.3. The average molecular weight is 482 g/mol. The monoisotopic (exact) mass is 480 g/mol. The second-order valence-corrected chi connectivity index (χ2v) is 7.59. The molecule has 1 aliphatic rings. The molecular formula is C17H18Br2N6O. The summed E-state index contributed by atoms with van der Waals surface area (Å²) in [7, 11) is 0. The average Bonchev–Trinajstić information content (AvgIpc) is 2.61. The first kappa shape index (κ1) is 19.1. The van der Waals surface area contributed by atoms with Gasteiger partial charge >= 0.3 is 0 Å². The number of hydrogen-bond donors (Lipinski definition) is 3. The highest BCUT2D eigenvalue weighted by atomic mass is 79.9. The molecule has 0 amide bonds. The van der Waals surface area contributed by atoms with E-state index in [1.54, 1.807) is 22.2 Å². The molecule has 0 spiro atoms. The summed E-state index contributed by atoms with van der Waals surface area (Å²) in [5.41, 5.74) is 2.61. The number of benzene rings is 2. The molecule has 9 heteroatoms. The van der Waals surface area contributed by atoms with E-state index in [2.05, 4.69) is 48.6 Å². The van der Waals surface area contributed by atoms with Crippen molar-refractivity contribution in [1.29, 1.82) is 5.26 Å². The smallest absolute Gasteiger partial charge is 0.175 e. The molecule has 1 saturated heterocycles. The molecule has 1 heterocycles. The summed E-state index contributed by atoms with van der Waals surface area (Å²) in [6.45, 7) is 2.89. The molecule has 26 heavy (non-hydrogen) atoms. The van der Waals surface area contributed by atoms with E-state index >= 15 is 0 Å². The highest BCUT2D eigenvalue weighted by Crippen LogP contribution is 2.35. The molecule has 0 aliphatic carbocycles. The standard InChI is InChI=1S/C17H18Br2N6O/c1-11-6-14(18)16(15(19)7-11)26-24-9-22-17(25(21)10-24)23-13-4-2-12(8-20)3-5-13/h2-7,17,22-23H,9-10,21H2,1H3. The van der Waals surface area contributed by atoms with Gasteiger partial charge in [0.05, 0.1) is 27.2 Å². The van der Waals surface area contributed by atoms with Crippen LogP contribution in [0.5, 0.6) is 5.75 Å². The predicted octanol–water partition coefficient (Wildman–Crippen LogP) is 3.08. The van der Waals surface area contributed by atoms with Crippen molar-refractivity contribution >= 4 is 37.5 Å². The normalized spacial score (nSPS) is 18.3. The number of nitrogens with zero attached hydrogens (tertiary/aromatic N) is 3. The van der Waals surface area contributed by atoms with Crippen LogP contribution in [0.25, 0.3) is 0 Å². The Morgan fingerprint density at radius 2 is 1.92 bits per heavy atom. The predicted molar refractivity (Wildman–Crippen MR) is 107 cm³/mol. The molecule has 1 aliphatic heterocycles. The Bertz CT molecular complexity index is 800. The number of nitrogens with one attached hydrogen (secondary N) is 2. The van der Waals surface area contributed by atoms with Gasteiger partial charge in [0, 0.05) is 5.69 Å². The Balaban J connectivity index is 1.60. The maximum absolute atomic E-state index is 8.86.